The molecule has 2 heterocycles. The van der Waals surface area contributed by atoms with Crippen molar-refractivity contribution in [1.29, 1.82) is 0 Å². The lowest BCUT2D eigenvalue weighted by Crippen LogP contribution is -2.25. The standard InChI is InChI=1S/C39H44S2/c1-5-7-9-13-23-39(24-14-10-8-6-2)33-26-29(35-21-22-37(41-35)36-20-17-28(4)40-36)18-19-32(33)38-31-16-12-11-15-30(31)27(3)25-34(38)39/h11-12,15-22,25-26H,5-10,13-14,23-24H2,1-4H3. The number of thiophene rings is 2. The summed E-state index contributed by atoms with van der Waals surface area (Å²) < 4.78 is 0. The van der Waals surface area contributed by atoms with Crippen LogP contribution in [-0.4, -0.2) is 0 Å². The van der Waals surface area contributed by atoms with Crippen LogP contribution in [0.5, 0.6) is 0 Å². The van der Waals surface area contributed by atoms with Gasteiger partial charge in [0.05, 0.1) is 0 Å². The molecule has 0 unspecified atom stereocenters. The predicted octanol–water partition coefficient (Wildman–Crippen LogP) is 13.1. The molecular formula is C39H44S2. The van der Waals surface area contributed by atoms with E-state index in [2.05, 4.69) is 100 Å². The summed E-state index contributed by atoms with van der Waals surface area (Å²) in [5.74, 6) is 0. The number of benzene rings is 3. The van der Waals surface area contributed by atoms with E-state index in [1.165, 1.54) is 117 Å². The van der Waals surface area contributed by atoms with E-state index < -0.39 is 0 Å². The first-order chi connectivity index (χ1) is 20.1. The number of hydrogen-bond donors (Lipinski definition) is 0. The third-order valence-electron chi connectivity index (χ3n) is 9.36. The Bertz CT molecular complexity index is 1630. The van der Waals surface area contributed by atoms with Crippen LogP contribution in [0, 0.1) is 13.8 Å². The summed E-state index contributed by atoms with van der Waals surface area (Å²) in [6, 6.07) is 28.4. The maximum Gasteiger partial charge on any atom is 0.0449 e. The fourth-order valence-corrected chi connectivity index (χ4v) is 9.20. The highest BCUT2D eigenvalue weighted by atomic mass is 32.1. The molecule has 0 radical (unpaired) electrons. The van der Waals surface area contributed by atoms with Gasteiger partial charge >= 0.3 is 0 Å². The molecule has 0 saturated heterocycles. The molecule has 1 aliphatic rings. The third kappa shape index (κ3) is 5.35. The van der Waals surface area contributed by atoms with Crippen LogP contribution >= 0.6 is 22.7 Å². The first-order valence-electron chi connectivity index (χ1n) is 15.9. The number of fused-ring (bicyclic) bond motifs is 5. The lowest BCUT2D eigenvalue weighted by Gasteiger charge is -2.33. The Kier molecular flexibility index (Phi) is 8.52. The molecule has 2 aromatic heterocycles. The number of hydrogen-bond acceptors (Lipinski definition) is 2. The summed E-state index contributed by atoms with van der Waals surface area (Å²) in [4.78, 5) is 5.53. The molecule has 2 heteroatoms. The monoisotopic (exact) mass is 576 g/mol. The van der Waals surface area contributed by atoms with Gasteiger partial charge in [-0.15, -0.1) is 22.7 Å². The van der Waals surface area contributed by atoms with Gasteiger partial charge in [0.2, 0.25) is 0 Å². The van der Waals surface area contributed by atoms with Crippen molar-refractivity contribution < 1.29 is 0 Å². The van der Waals surface area contributed by atoms with E-state index in [0.29, 0.717) is 0 Å². The van der Waals surface area contributed by atoms with Crippen molar-refractivity contribution in [3.05, 3.63) is 94.4 Å². The molecule has 0 amide bonds. The minimum Gasteiger partial charge on any atom is -0.140 e. The number of unbranched alkanes of at least 4 members (excludes halogenated alkanes) is 6. The van der Waals surface area contributed by atoms with E-state index in [1.807, 2.05) is 22.7 Å². The quantitative estimate of drug-likeness (QED) is 0.130. The highest BCUT2D eigenvalue weighted by molar-refractivity contribution is 7.23. The van der Waals surface area contributed by atoms with Gasteiger partial charge in [0.15, 0.2) is 0 Å². The van der Waals surface area contributed by atoms with E-state index in [1.54, 1.807) is 11.1 Å². The average Bonchev–Trinajstić information content (AvgIpc) is 3.71. The van der Waals surface area contributed by atoms with E-state index in [9.17, 15) is 0 Å². The van der Waals surface area contributed by atoms with Crippen LogP contribution in [0.25, 0.3) is 42.1 Å². The van der Waals surface area contributed by atoms with Crippen molar-refractivity contribution in [3.8, 4) is 31.3 Å². The smallest absolute Gasteiger partial charge is 0.0449 e. The summed E-state index contributed by atoms with van der Waals surface area (Å²) in [5.41, 5.74) is 9.10. The van der Waals surface area contributed by atoms with Crippen molar-refractivity contribution in [2.24, 2.45) is 0 Å². The molecule has 41 heavy (non-hydrogen) atoms. The van der Waals surface area contributed by atoms with Crippen LogP contribution in [0.2, 0.25) is 0 Å². The third-order valence-corrected chi connectivity index (χ3v) is 11.7. The molecule has 6 rings (SSSR count). The Balaban J connectivity index is 1.51. The molecule has 0 aliphatic heterocycles. The zero-order valence-corrected chi connectivity index (χ0v) is 26.9. The summed E-state index contributed by atoms with van der Waals surface area (Å²) in [5, 5.41) is 2.84. The van der Waals surface area contributed by atoms with Crippen molar-refractivity contribution in [2.45, 2.75) is 97.3 Å². The minimum absolute atomic E-state index is 0.0991. The molecule has 0 bridgehead atoms. The Hall–Kier alpha value is -2.68. The molecule has 0 saturated carbocycles. The van der Waals surface area contributed by atoms with Gasteiger partial charge in [0.25, 0.3) is 0 Å². The minimum atomic E-state index is 0.0991. The Morgan fingerprint density at radius 3 is 1.93 bits per heavy atom. The molecular weight excluding hydrogens is 533 g/mol. The number of aryl methyl sites for hydroxylation is 2. The molecule has 3 aromatic carbocycles. The van der Waals surface area contributed by atoms with E-state index in [0.717, 1.165) is 0 Å². The van der Waals surface area contributed by atoms with Crippen molar-refractivity contribution in [1.82, 2.24) is 0 Å². The molecule has 0 nitrogen and oxygen atoms in total. The Labute approximate surface area is 255 Å². The molecule has 0 N–H and O–H groups in total. The maximum atomic E-state index is 2.61. The van der Waals surface area contributed by atoms with Crippen LogP contribution < -0.4 is 0 Å². The normalized spacial score (nSPS) is 13.6. The Morgan fingerprint density at radius 1 is 0.585 bits per heavy atom. The number of rotatable bonds is 12. The molecule has 5 aromatic rings. The molecule has 212 valence electrons. The second-order valence-corrected chi connectivity index (χ2v) is 14.6. The summed E-state index contributed by atoms with van der Waals surface area (Å²) >= 11 is 3.85. The largest absolute Gasteiger partial charge is 0.140 e. The first-order valence-corrected chi connectivity index (χ1v) is 17.5. The molecule has 1 aliphatic carbocycles. The van der Waals surface area contributed by atoms with Crippen LogP contribution in [0.3, 0.4) is 0 Å². The van der Waals surface area contributed by atoms with E-state index >= 15 is 0 Å². The average molecular weight is 577 g/mol. The Morgan fingerprint density at radius 2 is 1.24 bits per heavy atom. The van der Waals surface area contributed by atoms with E-state index in [4.69, 9.17) is 0 Å². The summed E-state index contributed by atoms with van der Waals surface area (Å²) in [7, 11) is 0. The van der Waals surface area contributed by atoms with Gasteiger partial charge in [-0.1, -0.05) is 108 Å². The van der Waals surface area contributed by atoms with Crippen LogP contribution in [0.4, 0.5) is 0 Å². The first kappa shape index (κ1) is 28.4. The predicted molar refractivity (Wildman–Crippen MR) is 184 cm³/mol. The zero-order valence-electron chi connectivity index (χ0n) is 25.3. The summed E-state index contributed by atoms with van der Waals surface area (Å²) in [6.45, 7) is 9.19. The van der Waals surface area contributed by atoms with Gasteiger partial charge in [0.1, 0.15) is 0 Å². The fraction of sp³-hybridized carbons (Fsp3) is 0.385. The highest BCUT2D eigenvalue weighted by Gasteiger charge is 2.43. The van der Waals surface area contributed by atoms with Crippen LogP contribution in [0.1, 0.15) is 99.6 Å². The van der Waals surface area contributed by atoms with Crippen molar-refractivity contribution in [2.75, 3.05) is 0 Å². The van der Waals surface area contributed by atoms with Gasteiger partial charge in [-0.05, 0) is 101 Å². The van der Waals surface area contributed by atoms with Crippen LogP contribution in [-0.2, 0) is 5.41 Å². The van der Waals surface area contributed by atoms with E-state index in [-0.39, 0.29) is 5.41 Å². The molecule has 0 fully saturated rings. The lowest BCUT2D eigenvalue weighted by molar-refractivity contribution is 0.401. The second-order valence-electron chi connectivity index (χ2n) is 12.2. The topological polar surface area (TPSA) is 0 Å². The molecule has 0 spiro atoms. The van der Waals surface area contributed by atoms with Gasteiger partial charge in [-0.3, -0.25) is 0 Å². The van der Waals surface area contributed by atoms with Gasteiger partial charge in [0, 0.05) is 24.9 Å². The van der Waals surface area contributed by atoms with Crippen LogP contribution in [0.15, 0.2) is 72.8 Å². The van der Waals surface area contributed by atoms with Gasteiger partial charge < -0.3 is 0 Å². The summed E-state index contributed by atoms with van der Waals surface area (Å²) in [6.07, 6.45) is 13.0. The maximum absolute atomic E-state index is 2.61. The van der Waals surface area contributed by atoms with Crippen molar-refractivity contribution in [3.63, 3.8) is 0 Å². The zero-order chi connectivity index (χ0) is 28.4. The lowest BCUT2D eigenvalue weighted by atomic mass is 9.70. The van der Waals surface area contributed by atoms with Gasteiger partial charge in [-0.25, -0.2) is 0 Å². The van der Waals surface area contributed by atoms with Gasteiger partial charge in [-0.2, -0.15) is 0 Å². The fourth-order valence-electron chi connectivity index (χ4n) is 7.24. The highest BCUT2D eigenvalue weighted by Crippen LogP contribution is 2.57. The second kappa shape index (κ2) is 12.3. The van der Waals surface area contributed by atoms with Crippen molar-refractivity contribution >= 4 is 33.4 Å². The SMILES string of the molecule is CCCCCCC1(CCCCCC)c2cc(-c3ccc(-c4ccc(C)s4)s3)ccc2-c2c1cc(C)c1ccccc21. The molecule has 0 atom stereocenters.